The average molecular weight is 325 g/mol. The van der Waals surface area contributed by atoms with Crippen molar-refractivity contribution in [2.75, 3.05) is 0 Å². The summed E-state index contributed by atoms with van der Waals surface area (Å²) in [6, 6.07) is 0. The molecule has 0 spiro atoms. The van der Waals surface area contributed by atoms with E-state index < -0.39 is 11.9 Å². The normalized spacial score (nSPS) is 57.7. The molecule has 6 bridgehead atoms. The molecule has 6 rings (SSSR count). The molecule has 0 aromatic rings. The Morgan fingerprint density at radius 3 is 2.16 bits per heavy atom. The van der Waals surface area contributed by atoms with Gasteiger partial charge >= 0.3 is 11.9 Å². The SMILES string of the molecule is O=C(O)C(C(=O)O)=C1[C@H]2[C@H]3[C@H](Br)[C@H]4[C@H]5C[C@@H]([C@H]1[C@H]53)[C@H]24. The van der Waals surface area contributed by atoms with Crippen molar-refractivity contribution in [1.29, 1.82) is 0 Å². The minimum Gasteiger partial charge on any atom is -0.477 e. The van der Waals surface area contributed by atoms with E-state index in [0.29, 0.717) is 34.4 Å². The first-order valence-corrected chi connectivity index (χ1v) is 7.80. The number of carboxylic acid groups (broad SMARTS) is 2. The molecule has 0 amide bonds. The molecule has 19 heavy (non-hydrogen) atoms. The molecule has 4 nitrogen and oxygen atoms in total. The fourth-order valence-electron chi connectivity index (χ4n) is 6.94. The molecule has 6 aliphatic rings. The molecule has 6 saturated carbocycles. The van der Waals surface area contributed by atoms with Gasteiger partial charge in [-0.2, -0.15) is 0 Å². The van der Waals surface area contributed by atoms with Gasteiger partial charge in [-0.25, -0.2) is 9.59 Å². The Morgan fingerprint density at radius 2 is 1.58 bits per heavy atom. The van der Waals surface area contributed by atoms with Gasteiger partial charge in [-0.05, 0) is 59.3 Å². The van der Waals surface area contributed by atoms with Crippen LogP contribution in [0.25, 0.3) is 0 Å². The number of carboxylic acids is 2. The van der Waals surface area contributed by atoms with E-state index >= 15 is 0 Å². The highest BCUT2D eigenvalue weighted by Gasteiger charge is 2.82. The highest BCUT2D eigenvalue weighted by Crippen LogP contribution is 2.85. The van der Waals surface area contributed by atoms with Crippen LogP contribution >= 0.6 is 15.9 Å². The lowest BCUT2D eigenvalue weighted by Crippen LogP contribution is -2.30. The smallest absolute Gasteiger partial charge is 0.343 e. The van der Waals surface area contributed by atoms with Crippen LogP contribution < -0.4 is 0 Å². The lowest BCUT2D eigenvalue weighted by molar-refractivity contribution is -0.140. The van der Waals surface area contributed by atoms with Crippen molar-refractivity contribution < 1.29 is 19.8 Å². The van der Waals surface area contributed by atoms with Crippen molar-refractivity contribution in [1.82, 2.24) is 0 Å². The van der Waals surface area contributed by atoms with Gasteiger partial charge in [0, 0.05) is 4.83 Å². The number of aliphatic carboxylic acids is 2. The number of alkyl halides is 1. The molecular formula is C14H13BrO4. The molecule has 6 fully saturated rings. The van der Waals surface area contributed by atoms with Crippen molar-refractivity contribution in [2.24, 2.45) is 47.3 Å². The van der Waals surface area contributed by atoms with E-state index in [4.69, 9.17) is 0 Å². The molecule has 2 N–H and O–H groups in total. The largest absolute Gasteiger partial charge is 0.477 e. The molecule has 0 saturated heterocycles. The molecule has 0 aromatic carbocycles. The minimum absolute atomic E-state index is 0.246. The van der Waals surface area contributed by atoms with Gasteiger partial charge < -0.3 is 10.2 Å². The van der Waals surface area contributed by atoms with Crippen molar-refractivity contribution in [3.63, 3.8) is 0 Å². The first-order valence-electron chi connectivity index (χ1n) is 6.88. The summed E-state index contributed by atoms with van der Waals surface area (Å²) in [5, 5.41) is 18.6. The summed E-state index contributed by atoms with van der Waals surface area (Å²) in [7, 11) is 0. The van der Waals surface area contributed by atoms with Crippen LogP contribution in [0, 0.1) is 47.3 Å². The third-order valence-corrected chi connectivity index (χ3v) is 8.01. The van der Waals surface area contributed by atoms with E-state index in [1.807, 2.05) is 0 Å². The Labute approximate surface area is 118 Å². The number of carbonyl (C=O) groups is 2. The van der Waals surface area contributed by atoms with Crippen molar-refractivity contribution in [3.8, 4) is 0 Å². The van der Waals surface area contributed by atoms with Crippen LogP contribution in [-0.2, 0) is 9.59 Å². The molecule has 0 aromatic heterocycles. The third-order valence-electron chi connectivity index (χ3n) is 6.79. The van der Waals surface area contributed by atoms with E-state index in [1.165, 1.54) is 6.42 Å². The third kappa shape index (κ3) is 0.874. The van der Waals surface area contributed by atoms with Gasteiger partial charge in [0.05, 0.1) is 0 Å². The number of hydrogen-bond donors (Lipinski definition) is 2. The van der Waals surface area contributed by atoms with Crippen LogP contribution in [0.5, 0.6) is 0 Å². The van der Waals surface area contributed by atoms with Crippen molar-refractivity contribution >= 4 is 27.9 Å². The number of allylic oxidation sites excluding steroid dienone is 1. The molecule has 0 heterocycles. The Kier molecular flexibility index (Phi) is 1.67. The topological polar surface area (TPSA) is 74.6 Å². The summed E-state index contributed by atoms with van der Waals surface area (Å²) in [4.78, 5) is 23.2. The van der Waals surface area contributed by atoms with E-state index in [2.05, 4.69) is 15.9 Å². The van der Waals surface area contributed by atoms with Crippen LogP contribution in [0.15, 0.2) is 11.1 Å². The van der Waals surface area contributed by atoms with Crippen LogP contribution in [-0.4, -0.2) is 27.0 Å². The average Bonchev–Trinajstić information content (AvgIpc) is 3.01. The van der Waals surface area contributed by atoms with Gasteiger partial charge in [-0.3, -0.25) is 0 Å². The summed E-state index contributed by atoms with van der Waals surface area (Å²) >= 11 is 3.82. The van der Waals surface area contributed by atoms with Gasteiger partial charge in [0.15, 0.2) is 0 Å². The van der Waals surface area contributed by atoms with Gasteiger partial charge in [-0.15, -0.1) is 0 Å². The van der Waals surface area contributed by atoms with Gasteiger partial charge in [0.2, 0.25) is 0 Å². The summed E-state index contributed by atoms with van der Waals surface area (Å²) in [6.07, 6.45) is 1.20. The minimum atomic E-state index is -1.25. The van der Waals surface area contributed by atoms with E-state index in [0.717, 1.165) is 11.5 Å². The zero-order chi connectivity index (χ0) is 13.2. The van der Waals surface area contributed by atoms with E-state index in [-0.39, 0.29) is 17.4 Å². The molecule has 9 atom stereocenters. The zero-order valence-electron chi connectivity index (χ0n) is 9.99. The van der Waals surface area contributed by atoms with Crippen LogP contribution in [0.2, 0.25) is 0 Å². The monoisotopic (exact) mass is 324 g/mol. The fraction of sp³-hybridized carbons (Fsp3) is 0.714. The lowest BCUT2D eigenvalue weighted by atomic mass is 9.71. The Balaban J connectivity index is 1.77. The highest BCUT2D eigenvalue weighted by molar-refractivity contribution is 9.09. The standard InChI is InChI=1S/C14H13BrO4/c15-12-7-3-1-2-4-5(3)10(12)8(6(2)7)9(4)11(13(16)17)14(18)19/h2-8,10,12H,1H2,(H,16,17)(H,18,19)/t2-,3-,4-,5-,6-,7-,8-,10-,12+/m0/s1. The molecule has 0 unspecified atom stereocenters. The summed E-state index contributed by atoms with van der Waals surface area (Å²) < 4.78 is 0. The maximum atomic E-state index is 11.4. The Bertz CT molecular complexity index is 564. The molecule has 0 radical (unpaired) electrons. The van der Waals surface area contributed by atoms with Crippen molar-refractivity contribution in [2.45, 2.75) is 11.2 Å². The first kappa shape index (κ1) is 10.9. The molecule has 5 heteroatoms. The van der Waals surface area contributed by atoms with Gasteiger partial charge in [-0.1, -0.05) is 15.9 Å². The predicted octanol–water partition coefficient (Wildman–Crippen LogP) is 1.60. The highest BCUT2D eigenvalue weighted by atomic mass is 79.9. The lowest BCUT2D eigenvalue weighted by Gasteiger charge is -2.32. The van der Waals surface area contributed by atoms with E-state index in [9.17, 15) is 19.8 Å². The Hall–Kier alpha value is -0.840. The van der Waals surface area contributed by atoms with Crippen LogP contribution in [0.1, 0.15) is 6.42 Å². The second-order valence-corrected chi connectivity index (χ2v) is 7.87. The predicted molar refractivity (Wildman–Crippen MR) is 67.5 cm³/mol. The maximum absolute atomic E-state index is 11.4. The number of halogens is 1. The molecule has 6 aliphatic carbocycles. The molecule has 0 aliphatic heterocycles. The quantitative estimate of drug-likeness (QED) is 0.350. The number of hydrogen-bond acceptors (Lipinski definition) is 2. The van der Waals surface area contributed by atoms with Gasteiger partial charge in [0.1, 0.15) is 5.57 Å². The maximum Gasteiger partial charge on any atom is 0.343 e. The first-order chi connectivity index (χ1) is 9.04. The van der Waals surface area contributed by atoms with E-state index in [1.54, 1.807) is 0 Å². The second kappa shape index (κ2) is 2.92. The molecule has 100 valence electrons. The van der Waals surface area contributed by atoms with Crippen molar-refractivity contribution in [3.05, 3.63) is 11.1 Å². The Morgan fingerprint density at radius 1 is 0.947 bits per heavy atom. The fourth-order valence-corrected chi connectivity index (χ4v) is 8.37. The number of rotatable bonds is 2. The zero-order valence-corrected chi connectivity index (χ0v) is 11.6. The second-order valence-electron chi connectivity index (χ2n) is 6.81. The summed E-state index contributed by atoms with van der Waals surface area (Å²) in [5.74, 6) is 1.65. The van der Waals surface area contributed by atoms with Crippen LogP contribution in [0.3, 0.4) is 0 Å². The summed E-state index contributed by atoms with van der Waals surface area (Å²) in [5.41, 5.74) is 0.495. The summed E-state index contributed by atoms with van der Waals surface area (Å²) in [6.45, 7) is 0. The van der Waals surface area contributed by atoms with Crippen LogP contribution in [0.4, 0.5) is 0 Å². The van der Waals surface area contributed by atoms with Gasteiger partial charge in [0.25, 0.3) is 0 Å². The molecular weight excluding hydrogens is 312 g/mol.